The van der Waals surface area contributed by atoms with Gasteiger partial charge in [0.05, 0.1) is 13.2 Å². The Morgan fingerprint density at radius 2 is 0.630 bits per heavy atom. The van der Waals surface area contributed by atoms with Crippen LogP contribution < -0.4 is 0 Å². The van der Waals surface area contributed by atoms with Gasteiger partial charge < -0.3 is 4.74 Å². The van der Waals surface area contributed by atoms with E-state index in [4.69, 9.17) is 0 Å². The summed E-state index contributed by atoms with van der Waals surface area (Å²) in [4.78, 5) is 0. The zero-order valence-electron chi connectivity index (χ0n) is 12.0. The molecule has 0 bridgehead atoms. The molecule has 0 unspecified atom stereocenters. The summed E-state index contributed by atoms with van der Waals surface area (Å²) in [6, 6.07) is 0. The molecule has 0 heterocycles. The fourth-order valence-corrected chi connectivity index (χ4v) is 1.64. The molecule has 0 amide bonds. The lowest BCUT2D eigenvalue weighted by Gasteiger charge is -2.39. The van der Waals surface area contributed by atoms with Gasteiger partial charge in [-0.1, -0.05) is 0 Å². The second-order valence-electron chi connectivity index (χ2n) is 5.03. The molecule has 0 rings (SSSR count). The molecular formula is C10H6F16O. The molecule has 164 valence electrons. The van der Waals surface area contributed by atoms with Crippen molar-refractivity contribution in [1.82, 2.24) is 0 Å². The van der Waals surface area contributed by atoms with Crippen LogP contribution in [-0.4, -0.2) is 50.8 Å². The van der Waals surface area contributed by atoms with Crippen molar-refractivity contribution in [3.63, 3.8) is 0 Å². The predicted octanol–water partition coefficient (Wildman–Crippen LogP) is 5.76. The van der Waals surface area contributed by atoms with Crippen molar-refractivity contribution >= 4 is 0 Å². The van der Waals surface area contributed by atoms with Crippen LogP contribution in [0.4, 0.5) is 70.2 Å². The van der Waals surface area contributed by atoms with Crippen molar-refractivity contribution in [3.8, 4) is 0 Å². The minimum atomic E-state index is -6.95. The molecule has 27 heavy (non-hydrogen) atoms. The van der Waals surface area contributed by atoms with Crippen molar-refractivity contribution in [2.45, 2.75) is 37.6 Å². The molecule has 0 saturated carbocycles. The first-order valence-corrected chi connectivity index (χ1v) is 6.00. The van der Waals surface area contributed by atoms with Crippen LogP contribution in [0.25, 0.3) is 0 Å². The summed E-state index contributed by atoms with van der Waals surface area (Å²) in [5.74, 6) is 0. The number of hydrogen-bond donors (Lipinski definition) is 0. The zero-order valence-corrected chi connectivity index (χ0v) is 12.0. The second-order valence-corrected chi connectivity index (χ2v) is 5.03. The minimum Gasteiger partial charge on any atom is -0.378 e. The van der Waals surface area contributed by atoms with Crippen LogP contribution in [0.15, 0.2) is 0 Å². The molecule has 0 aliphatic rings. The standard InChI is InChI=1S/C10H6F16O/c11-3(12)5(7(15,16)17,8(18,19)20)1-27-2-6(4(13)14,9(21,22)23)10(24,25)26/h3-4H,1-2H2. The monoisotopic (exact) mass is 446 g/mol. The van der Waals surface area contributed by atoms with Crippen LogP contribution in [0, 0.1) is 10.8 Å². The third-order valence-electron chi connectivity index (χ3n) is 3.43. The Hall–Kier alpha value is -1.16. The number of hydrogen-bond acceptors (Lipinski definition) is 1. The summed E-state index contributed by atoms with van der Waals surface area (Å²) < 4.78 is 203. The lowest BCUT2D eigenvalue weighted by atomic mass is 9.86. The van der Waals surface area contributed by atoms with E-state index in [2.05, 4.69) is 4.74 Å². The molecule has 0 aromatic rings. The highest BCUT2D eigenvalue weighted by Crippen LogP contribution is 2.57. The van der Waals surface area contributed by atoms with Crippen LogP contribution in [0.5, 0.6) is 0 Å². The third kappa shape index (κ3) is 4.31. The van der Waals surface area contributed by atoms with Crippen LogP contribution in [0.1, 0.15) is 0 Å². The van der Waals surface area contributed by atoms with Gasteiger partial charge in [-0.05, 0) is 0 Å². The largest absolute Gasteiger partial charge is 0.411 e. The summed E-state index contributed by atoms with van der Waals surface area (Å²) in [6.45, 7) is -7.03. The molecule has 17 heteroatoms. The van der Waals surface area contributed by atoms with E-state index in [0.717, 1.165) is 0 Å². The third-order valence-corrected chi connectivity index (χ3v) is 3.43. The molecule has 0 aromatic heterocycles. The molecule has 0 N–H and O–H groups in total. The first-order chi connectivity index (χ1) is 11.6. The van der Waals surface area contributed by atoms with Gasteiger partial charge in [0.15, 0.2) is 0 Å². The van der Waals surface area contributed by atoms with Gasteiger partial charge >= 0.3 is 24.7 Å². The maximum atomic E-state index is 12.5. The molecule has 0 radical (unpaired) electrons. The maximum Gasteiger partial charge on any atom is 0.411 e. The highest BCUT2D eigenvalue weighted by molar-refractivity contribution is 4.98. The summed E-state index contributed by atoms with van der Waals surface area (Å²) in [6.07, 6.45) is -38.7. The SMILES string of the molecule is FC(F)C(COCC(C(F)F)(C(F)(F)F)C(F)(F)F)(C(F)(F)F)C(F)(F)F. The van der Waals surface area contributed by atoms with Gasteiger partial charge in [-0.15, -0.1) is 0 Å². The van der Waals surface area contributed by atoms with E-state index in [1.807, 2.05) is 0 Å². The minimum absolute atomic E-state index is 2.95. The lowest BCUT2D eigenvalue weighted by molar-refractivity contribution is -0.401. The van der Waals surface area contributed by atoms with Gasteiger partial charge in [-0.3, -0.25) is 0 Å². The zero-order chi connectivity index (χ0) is 22.3. The van der Waals surface area contributed by atoms with E-state index in [1.54, 1.807) is 0 Å². The van der Waals surface area contributed by atoms with Crippen molar-refractivity contribution in [2.24, 2.45) is 10.8 Å². The van der Waals surface area contributed by atoms with E-state index in [1.165, 1.54) is 0 Å². The summed E-state index contributed by atoms with van der Waals surface area (Å²) in [5, 5.41) is 0. The van der Waals surface area contributed by atoms with E-state index >= 15 is 0 Å². The second kappa shape index (κ2) is 7.35. The fraction of sp³-hybridized carbons (Fsp3) is 1.00. The van der Waals surface area contributed by atoms with Crippen LogP contribution >= 0.6 is 0 Å². The Kier molecular flexibility index (Phi) is 7.03. The van der Waals surface area contributed by atoms with Crippen molar-refractivity contribution in [2.75, 3.05) is 13.2 Å². The van der Waals surface area contributed by atoms with Gasteiger partial charge in [-0.25, -0.2) is 17.6 Å². The molecule has 0 fully saturated rings. The van der Waals surface area contributed by atoms with Gasteiger partial charge in [0, 0.05) is 0 Å². The summed E-state index contributed by atoms with van der Waals surface area (Å²) >= 11 is 0. The molecule has 1 nitrogen and oxygen atoms in total. The molecule has 0 aromatic carbocycles. The number of ether oxygens (including phenoxy) is 1. The molecule has 0 atom stereocenters. The average molecular weight is 446 g/mol. The first kappa shape index (κ1) is 25.8. The van der Waals surface area contributed by atoms with Crippen LogP contribution in [-0.2, 0) is 4.74 Å². The van der Waals surface area contributed by atoms with Gasteiger partial charge in [0.1, 0.15) is 0 Å². The highest BCUT2D eigenvalue weighted by Gasteiger charge is 2.79. The molecule has 0 aliphatic heterocycles. The first-order valence-electron chi connectivity index (χ1n) is 6.00. The Balaban J connectivity index is 6.07. The summed E-state index contributed by atoms with van der Waals surface area (Å²) in [5.41, 5.74) is -12.4. The topological polar surface area (TPSA) is 9.23 Å². The van der Waals surface area contributed by atoms with E-state index < -0.39 is 61.6 Å². The van der Waals surface area contributed by atoms with Crippen molar-refractivity contribution < 1.29 is 75.0 Å². The van der Waals surface area contributed by atoms with E-state index in [9.17, 15) is 70.2 Å². The van der Waals surface area contributed by atoms with Crippen LogP contribution in [0.3, 0.4) is 0 Å². The van der Waals surface area contributed by atoms with Crippen molar-refractivity contribution in [1.29, 1.82) is 0 Å². The average Bonchev–Trinajstić information content (AvgIpc) is 2.30. The molecule has 0 spiro atoms. The molecular weight excluding hydrogens is 440 g/mol. The smallest absolute Gasteiger partial charge is 0.378 e. The number of halogens is 16. The van der Waals surface area contributed by atoms with E-state index in [-0.39, 0.29) is 0 Å². The highest BCUT2D eigenvalue weighted by atomic mass is 19.4. The van der Waals surface area contributed by atoms with E-state index in [0.29, 0.717) is 0 Å². The Labute approximate surface area is 138 Å². The van der Waals surface area contributed by atoms with Gasteiger partial charge in [0.2, 0.25) is 10.8 Å². The fourth-order valence-electron chi connectivity index (χ4n) is 1.64. The predicted molar refractivity (Wildman–Crippen MR) is 51.9 cm³/mol. The quantitative estimate of drug-likeness (QED) is 0.472. The van der Waals surface area contributed by atoms with Gasteiger partial charge in [0.25, 0.3) is 12.9 Å². The number of alkyl halides is 16. The molecule has 0 saturated heterocycles. The Morgan fingerprint density at radius 1 is 0.444 bits per heavy atom. The molecule has 0 aliphatic carbocycles. The summed E-state index contributed by atoms with van der Waals surface area (Å²) in [7, 11) is 0. The lowest BCUT2D eigenvalue weighted by Crippen LogP contribution is -2.61. The maximum absolute atomic E-state index is 12.5. The number of rotatable bonds is 6. The van der Waals surface area contributed by atoms with Crippen molar-refractivity contribution in [3.05, 3.63) is 0 Å². The van der Waals surface area contributed by atoms with Gasteiger partial charge in [-0.2, -0.15) is 52.7 Å². The van der Waals surface area contributed by atoms with Crippen LogP contribution in [0.2, 0.25) is 0 Å². The Bertz CT molecular complexity index is 407. The Morgan fingerprint density at radius 3 is 0.741 bits per heavy atom. The normalized spacial score (nSPS) is 15.8.